The van der Waals surface area contributed by atoms with Crippen LogP contribution in [0.5, 0.6) is 11.5 Å². The largest absolute Gasteiger partial charge is 0.481 e. The second-order valence-corrected chi connectivity index (χ2v) is 6.93. The van der Waals surface area contributed by atoms with Crippen LogP contribution in [0.4, 0.5) is 0 Å². The second kappa shape index (κ2) is 8.61. The molecule has 2 N–H and O–H groups in total. The van der Waals surface area contributed by atoms with Crippen LogP contribution >= 0.6 is 0 Å². The van der Waals surface area contributed by atoms with Gasteiger partial charge >= 0.3 is 5.97 Å². The summed E-state index contributed by atoms with van der Waals surface area (Å²) < 4.78 is 10.6. The fraction of sp³-hybridized carbons (Fsp3) is 0.273. The molecule has 0 aliphatic carbocycles. The van der Waals surface area contributed by atoms with Crippen LogP contribution in [0.25, 0.3) is 6.08 Å². The number of aliphatic carboxylic acids is 1. The number of hydrogen-bond donors (Lipinski definition) is 2. The Labute approximate surface area is 163 Å². The Morgan fingerprint density at radius 1 is 1.07 bits per heavy atom. The molecule has 0 fully saturated rings. The normalized spacial score (nSPS) is 13.7. The van der Waals surface area contributed by atoms with E-state index in [0.29, 0.717) is 17.4 Å². The highest BCUT2D eigenvalue weighted by Gasteiger charge is 2.18. The Kier molecular flexibility index (Phi) is 5.99. The van der Waals surface area contributed by atoms with Crippen molar-refractivity contribution in [3.05, 3.63) is 65.2 Å². The summed E-state index contributed by atoms with van der Waals surface area (Å²) in [6.45, 7) is 4.37. The fourth-order valence-electron chi connectivity index (χ4n) is 2.95. The smallest absolute Gasteiger partial charge is 0.305 e. The summed E-state index contributed by atoms with van der Waals surface area (Å²) in [5, 5.41) is 12.0. The summed E-state index contributed by atoms with van der Waals surface area (Å²) >= 11 is 0. The van der Waals surface area contributed by atoms with Gasteiger partial charge in [0.05, 0.1) is 12.5 Å². The van der Waals surface area contributed by atoms with Gasteiger partial charge in [-0.2, -0.15) is 0 Å². The Morgan fingerprint density at radius 3 is 2.43 bits per heavy atom. The monoisotopic (exact) mass is 381 g/mol. The highest BCUT2D eigenvalue weighted by Crippen LogP contribution is 2.32. The van der Waals surface area contributed by atoms with Gasteiger partial charge in [0.15, 0.2) is 11.5 Å². The molecule has 0 aromatic heterocycles. The fourth-order valence-corrected chi connectivity index (χ4v) is 2.95. The highest BCUT2D eigenvalue weighted by molar-refractivity contribution is 5.92. The van der Waals surface area contributed by atoms with Crippen molar-refractivity contribution in [3.8, 4) is 11.5 Å². The van der Waals surface area contributed by atoms with Gasteiger partial charge in [0.1, 0.15) is 0 Å². The van der Waals surface area contributed by atoms with Gasteiger partial charge in [0.2, 0.25) is 12.7 Å². The van der Waals surface area contributed by atoms with Crippen molar-refractivity contribution in [2.45, 2.75) is 32.2 Å². The molecule has 1 aliphatic rings. The molecular formula is C22H23NO5. The molecule has 1 amide bonds. The second-order valence-electron chi connectivity index (χ2n) is 6.93. The van der Waals surface area contributed by atoms with Crippen molar-refractivity contribution in [3.63, 3.8) is 0 Å². The average molecular weight is 381 g/mol. The number of fused-ring (bicyclic) bond motifs is 1. The molecule has 3 rings (SSSR count). The van der Waals surface area contributed by atoms with Crippen molar-refractivity contribution in [2.24, 2.45) is 0 Å². The number of hydrogen-bond acceptors (Lipinski definition) is 4. The molecule has 0 saturated heterocycles. The predicted molar refractivity (Wildman–Crippen MR) is 105 cm³/mol. The number of carboxylic acid groups (broad SMARTS) is 1. The summed E-state index contributed by atoms with van der Waals surface area (Å²) in [5.41, 5.74) is 2.71. The molecule has 2 aromatic rings. The molecule has 146 valence electrons. The molecule has 28 heavy (non-hydrogen) atoms. The van der Waals surface area contributed by atoms with Gasteiger partial charge in [-0.25, -0.2) is 0 Å². The van der Waals surface area contributed by atoms with Crippen molar-refractivity contribution in [1.29, 1.82) is 0 Å². The number of nitrogens with one attached hydrogen (secondary N) is 1. The van der Waals surface area contributed by atoms with Crippen LogP contribution < -0.4 is 14.8 Å². The molecule has 2 aromatic carbocycles. The van der Waals surface area contributed by atoms with Gasteiger partial charge in [-0.05, 0) is 40.8 Å². The molecule has 0 spiro atoms. The van der Waals surface area contributed by atoms with Crippen LogP contribution in [0.2, 0.25) is 0 Å². The van der Waals surface area contributed by atoms with E-state index >= 15 is 0 Å². The number of carboxylic acids is 1. The van der Waals surface area contributed by atoms with E-state index in [0.717, 1.165) is 16.7 Å². The number of amides is 1. The minimum atomic E-state index is -0.974. The van der Waals surface area contributed by atoms with Crippen LogP contribution in [0.15, 0.2) is 48.5 Å². The van der Waals surface area contributed by atoms with E-state index in [9.17, 15) is 14.7 Å². The zero-order valence-electron chi connectivity index (χ0n) is 15.8. The van der Waals surface area contributed by atoms with Gasteiger partial charge in [-0.15, -0.1) is 0 Å². The lowest BCUT2D eigenvalue weighted by molar-refractivity contribution is -0.137. The SMILES string of the molecule is CC(C)c1ccc(C(CC(=O)O)NC(=O)C=Cc2ccc3c(c2)OCO3)cc1. The summed E-state index contributed by atoms with van der Waals surface area (Å²) in [4.78, 5) is 23.6. The van der Waals surface area contributed by atoms with E-state index in [1.165, 1.54) is 6.08 Å². The van der Waals surface area contributed by atoms with E-state index in [-0.39, 0.29) is 19.1 Å². The Morgan fingerprint density at radius 2 is 1.75 bits per heavy atom. The third-order valence-corrected chi connectivity index (χ3v) is 4.52. The first-order valence-corrected chi connectivity index (χ1v) is 9.12. The summed E-state index contributed by atoms with van der Waals surface area (Å²) in [7, 11) is 0. The molecule has 1 heterocycles. The Bertz CT molecular complexity index is 886. The van der Waals surface area contributed by atoms with Crippen molar-refractivity contribution in [1.82, 2.24) is 5.32 Å². The minimum absolute atomic E-state index is 0.190. The zero-order chi connectivity index (χ0) is 20.1. The third-order valence-electron chi connectivity index (χ3n) is 4.52. The molecule has 0 bridgehead atoms. The molecule has 0 saturated carbocycles. The van der Waals surface area contributed by atoms with Gasteiger partial charge in [-0.1, -0.05) is 44.2 Å². The average Bonchev–Trinajstić information content (AvgIpc) is 3.13. The predicted octanol–water partition coefficient (Wildman–Crippen LogP) is 3.88. The zero-order valence-corrected chi connectivity index (χ0v) is 15.8. The van der Waals surface area contributed by atoms with E-state index in [1.54, 1.807) is 18.2 Å². The number of ether oxygens (including phenoxy) is 2. The van der Waals surface area contributed by atoms with E-state index in [4.69, 9.17) is 9.47 Å². The molecular weight excluding hydrogens is 358 g/mol. The topological polar surface area (TPSA) is 84.9 Å². The minimum Gasteiger partial charge on any atom is -0.481 e. The van der Waals surface area contributed by atoms with Crippen LogP contribution in [-0.4, -0.2) is 23.8 Å². The van der Waals surface area contributed by atoms with Gasteiger partial charge in [0, 0.05) is 6.08 Å². The first-order chi connectivity index (χ1) is 13.4. The Hall–Kier alpha value is -3.28. The molecule has 1 unspecified atom stereocenters. The number of benzene rings is 2. The van der Waals surface area contributed by atoms with Crippen LogP contribution in [0.3, 0.4) is 0 Å². The maximum Gasteiger partial charge on any atom is 0.305 e. The number of carbonyl (C=O) groups is 2. The third kappa shape index (κ3) is 4.91. The molecule has 0 radical (unpaired) electrons. The lowest BCUT2D eigenvalue weighted by atomic mass is 9.97. The molecule has 6 heteroatoms. The van der Waals surface area contributed by atoms with Gasteiger partial charge in [0.25, 0.3) is 0 Å². The maximum atomic E-state index is 12.3. The first kappa shape index (κ1) is 19.5. The molecule has 6 nitrogen and oxygen atoms in total. The summed E-state index contributed by atoms with van der Waals surface area (Å²) in [6, 6.07) is 12.4. The van der Waals surface area contributed by atoms with E-state index < -0.39 is 12.0 Å². The highest BCUT2D eigenvalue weighted by atomic mass is 16.7. The maximum absolute atomic E-state index is 12.3. The summed E-state index contributed by atoms with van der Waals surface area (Å²) in [6.07, 6.45) is 2.84. The van der Waals surface area contributed by atoms with Gasteiger partial charge in [-0.3, -0.25) is 9.59 Å². The van der Waals surface area contributed by atoms with Crippen LogP contribution in [-0.2, 0) is 9.59 Å². The lowest BCUT2D eigenvalue weighted by Crippen LogP contribution is -2.28. The number of rotatable bonds is 7. The molecule has 1 aliphatic heterocycles. The first-order valence-electron chi connectivity index (χ1n) is 9.12. The van der Waals surface area contributed by atoms with E-state index in [1.807, 2.05) is 30.3 Å². The van der Waals surface area contributed by atoms with Crippen molar-refractivity contribution < 1.29 is 24.2 Å². The van der Waals surface area contributed by atoms with Crippen LogP contribution in [0.1, 0.15) is 48.9 Å². The molecule has 1 atom stereocenters. The van der Waals surface area contributed by atoms with E-state index in [2.05, 4.69) is 19.2 Å². The van der Waals surface area contributed by atoms with Crippen molar-refractivity contribution >= 4 is 18.0 Å². The standard InChI is InChI=1S/C22H23NO5/c1-14(2)16-5-7-17(8-6-16)18(12-22(25)26)23-21(24)10-4-15-3-9-19-20(11-15)28-13-27-19/h3-11,14,18H,12-13H2,1-2H3,(H,23,24)(H,25,26). The number of carbonyl (C=O) groups excluding carboxylic acids is 1. The lowest BCUT2D eigenvalue weighted by Gasteiger charge is -2.17. The Balaban J connectivity index is 1.69. The quantitative estimate of drug-likeness (QED) is 0.711. The van der Waals surface area contributed by atoms with Crippen LogP contribution in [0, 0.1) is 0 Å². The van der Waals surface area contributed by atoms with Gasteiger partial charge < -0.3 is 19.9 Å². The summed E-state index contributed by atoms with van der Waals surface area (Å²) in [5.74, 6) is 0.352. The van der Waals surface area contributed by atoms with Crippen molar-refractivity contribution in [2.75, 3.05) is 6.79 Å².